The molecule has 2 aromatic heterocycles. The van der Waals surface area contributed by atoms with Crippen LogP contribution < -0.4 is 18.6 Å². The second-order valence-corrected chi connectivity index (χ2v) is 6.51. The van der Waals surface area contributed by atoms with Gasteiger partial charge >= 0.3 is 0 Å². The second-order valence-electron chi connectivity index (χ2n) is 6.51. The summed E-state index contributed by atoms with van der Waals surface area (Å²) in [6, 6.07) is 12.5. The van der Waals surface area contributed by atoms with E-state index in [1.165, 1.54) is 10.8 Å². The van der Waals surface area contributed by atoms with Crippen LogP contribution in [0.2, 0.25) is 0 Å². The van der Waals surface area contributed by atoms with Gasteiger partial charge in [-0.05, 0) is 22.9 Å². The van der Waals surface area contributed by atoms with Crippen molar-refractivity contribution in [3.63, 3.8) is 0 Å². The quantitative estimate of drug-likeness (QED) is 0.532. The fourth-order valence-electron chi connectivity index (χ4n) is 3.55. The van der Waals surface area contributed by atoms with Gasteiger partial charge in [-0.15, -0.1) is 0 Å². The van der Waals surface area contributed by atoms with Gasteiger partial charge in [-0.2, -0.15) is 0 Å². The zero-order chi connectivity index (χ0) is 18.3. The molecule has 4 rings (SSSR count). The van der Waals surface area contributed by atoms with E-state index in [-0.39, 0.29) is 0 Å². The van der Waals surface area contributed by atoms with E-state index in [1.54, 1.807) is 14.2 Å². The zero-order valence-electron chi connectivity index (χ0n) is 15.5. The third-order valence-electron chi connectivity index (χ3n) is 4.82. The Labute approximate surface area is 152 Å². The Morgan fingerprint density at radius 3 is 1.42 bits per heavy atom. The molecule has 0 radical (unpaired) electrons. The highest BCUT2D eigenvalue weighted by Crippen LogP contribution is 2.44. The summed E-state index contributed by atoms with van der Waals surface area (Å²) >= 11 is 0. The molecular weight excluding hydrogens is 324 g/mol. The van der Waals surface area contributed by atoms with Crippen LogP contribution in [0.25, 0.3) is 32.7 Å². The summed E-state index contributed by atoms with van der Waals surface area (Å²) in [4.78, 5) is 0. The van der Waals surface area contributed by atoms with Crippen molar-refractivity contribution in [3.8, 4) is 22.6 Å². The highest BCUT2D eigenvalue weighted by molar-refractivity contribution is 6.08. The van der Waals surface area contributed by atoms with Crippen molar-refractivity contribution >= 4 is 21.5 Å². The van der Waals surface area contributed by atoms with Crippen molar-refractivity contribution in [2.24, 2.45) is 14.1 Å². The first-order chi connectivity index (χ1) is 12.6. The Hall–Kier alpha value is -3.14. The van der Waals surface area contributed by atoms with Crippen LogP contribution in [0.4, 0.5) is 0 Å². The normalized spacial score (nSPS) is 11.1. The third kappa shape index (κ3) is 2.54. The molecule has 0 amide bonds. The Morgan fingerprint density at radius 2 is 1.04 bits per heavy atom. The van der Waals surface area contributed by atoms with E-state index < -0.39 is 0 Å². The first-order valence-corrected chi connectivity index (χ1v) is 8.54. The van der Waals surface area contributed by atoms with E-state index in [4.69, 9.17) is 9.47 Å². The van der Waals surface area contributed by atoms with Gasteiger partial charge in [0.15, 0.2) is 24.8 Å². The zero-order valence-corrected chi connectivity index (χ0v) is 15.5. The van der Waals surface area contributed by atoms with Crippen molar-refractivity contribution < 1.29 is 18.6 Å². The smallest absolute Gasteiger partial charge is 0.177 e. The summed E-state index contributed by atoms with van der Waals surface area (Å²) in [7, 11) is 7.49. The Kier molecular flexibility index (Phi) is 3.96. The van der Waals surface area contributed by atoms with Crippen molar-refractivity contribution in [1.29, 1.82) is 0 Å². The minimum Gasteiger partial charge on any atom is -0.496 e. The number of hydrogen-bond acceptors (Lipinski definition) is 2. The SMILES string of the molecule is COc1ccc2cc[n+](C)cc2c1-c1c(OC)ccc2cc[n+](C)cc12. The van der Waals surface area contributed by atoms with E-state index in [0.717, 1.165) is 33.4 Å². The fourth-order valence-corrected chi connectivity index (χ4v) is 3.55. The van der Waals surface area contributed by atoms with Gasteiger partial charge in [0.05, 0.1) is 25.0 Å². The van der Waals surface area contributed by atoms with Crippen LogP contribution in [0.1, 0.15) is 0 Å². The number of aromatic nitrogens is 2. The maximum atomic E-state index is 5.75. The number of aryl methyl sites for hydroxylation is 2. The number of pyridine rings is 2. The van der Waals surface area contributed by atoms with E-state index in [9.17, 15) is 0 Å². The van der Waals surface area contributed by atoms with Crippen LogP contribution in [-0.4, -0.2) is 14.2 Å². The van der Waals surface area contributed by atoms with Gasteiger partial charge in [0, 0.05) is 23.3 Å². The van der Waals surface area contributed by atoms with Gasteiger partial charge in [0.2, 0.25) is 0 Å². The van der Waals surface area contributed by atoms with Crippen LogP contribution in [0.5, 0.6) is 11.5 Å². The molecule has 0 spiro atoms. The maximum Gasteiger partial charge on any atom is 0.177 e. The molecule has 4 heteroatoms. The van der Waals surface area contributed by atoms with Crippen LogP contribution in [0, 0.1) is 0 Å². The predicted octanol–water partition coefficient (Wildman–Crippen LogP) is 3.33. The molecule has 0 aliphatic carbocycles. The summed E-state index contributed by atoms with van der Waals surface area (Å²) in [5, 5.41) is 4.59. The van der Waals surface area contributed by atoms with Gasteiger partial charge in [-0.3, -0.25) is 0 Å². The predicted molar refractivity (Wildman–Crippen MR) is 102 cm³/mol. The first kappa shape index (κ1) is 16.3. The lowest BCUT2D eigenvalue weighted by Crippen LogP contribution is -2.26. The molecular formula is C22H22N2O2+2. The molecule has 0 N–H and O–H groups in total. The monoisotopic (exact) mass is 346 g/mol. The summed E-state index contributed by atoms with van der Waals surface area (Å²) in [6.07, 6.45) is 8.38. The number of fused-ring (bicyclic) bond motifs is 2. The molecule has 4 nitrogen and oxygen atoms in total. The number of methoxy groups -OCH3 is 2. The molecule has 130 valence electrons. The van der Waals surface area contributed by atoms with E-state index in [2.05, 4.69) is 58.2 Å². The fraction of sp³-hybridized carbons (Fsp3) is 0.182. The van der Waals surface area contributed by atoms with Crippen molar-refractivity contribution in [2.75, 3.05) is 14.2 Å². The Morgan fingerprint density at radius 1 is 0.615 bits per heavy atom. The lowest BCUT2D eigenvalue weighted by Gasteiger charge is -2.16. The minimum absolute atomic E-state index is 0.834. The molecule has 0 fully saturated rings. The maximum absolute atomic E-state index is 5.75. The van der Waals surface area contributed by atoms with Crippen LogP contribution in [-0.2, 0) is 14.1 Å². The summed E-state index contributed by atoms with van der Waals surface area (Å²) in [6.45, 7) is 0. The first-order valence-electron chi connectivity index (χ1n) is 8.54. The molecule has 0 bridgehead atoms. The molecule has 2 aromatic carbocycles. The third-order valence-corrected chi connectivity index (χ3v) is 4.82. The Balaban J connectivity index is 2.22. The largest absolute Gasteiger partial charge is 0.496 e. The molecule has 2 heterocycles. The molecule has 0 atom stereocenters. The number of nitrogens with zero attached hydrogens (tertiary/aromatic N) is 2. The van der Waals surface area contributed by atoms with Crippen molar-refractivity contribution in [1.82, 2.24) is 0 Å². The average Bonchev–Trinajstić information content (AvgIpc) is 2.66. The van der Waals surface area contributed by atoms with Gasteiger partial charge in [0.1, 0.15) is 25.6 Å². The van der Waals surface area contributed by atoms with E-state index in [1.807, 2.05) is 26.2 Å². The number of benzene rings is 2. The molecule has 0 saturated heterocycles. The van der Waals surface area contributed by atoms with E-state index in [0.29, 0.717) is 0 Å². The molecule has 26 heavy (non-hydrogen) atoms. The lowest BCUT2D eigenvalue weighted by molar-refractivity contribution is -0.670. The number of ether oxygens (including phenoxy) is 2. The molecule has 4 aromatic rings. The topological polar surface area (TPSA) is 26.2 Å². The Bertz CT molecular complexity index is 1040. The highest BCUT2D eigenvalue weighted by Gasteiger charge is 2.21. The highest BCUT2D eigenvalue weighted by atomic mass is 16.5. The van der Waals surface area contributed by atoms with Crippen molar-refractivity contribution in [2.45, 2.75) is 0 Å². The minimum atomic E-state index is 0.834. The summed E-state index contributed by atoms with van der Waals surface area (Å²) in [5.41, 5.74) is 2.10. The summed E-state index contributed by atoms with van der Waals surface area (Å²) in [5.74, 6) is 1.67. The average molecular weight is 346 g/mol. The standard InChI is InChI=1S/C22H22N2O2/c1-23-11-9-15-5-7-19(25-3)21(17(15)13-23)22-18-14-24(2)12-10-16(18)6-8-20(22)26-4/h5-14H,1-4H3/q+2. The van der Waals surface area contributed by atoms with Crippen molar-refractivity contribution in [3.05, 3.63) is 61.2 Å². The van der Waals surface area contributed by atoms with Crippen LogP contribution >= 0.6 is 0 Å². The molecule has 0 unspecified atom stereocenters. The second kappa shape index (κ2) is 6.30. The molecule has 0 aliphatic heterocycles. The summed E-state index contributed by atoms with van der Waals surface area (Å²) < 4.78 is 15.6. The van der Waals surface area contributed by atoms with Crippen LogP contribution in [0.3, 0.4) is 0 Å². The molecule has 0 aliphatic rings. The van der Waals surface area contributed by atoms with Gasteiger partial charge in [0.25, 0.3) is 0 Å². The lowest BCUT2D eigenvalue weighted by atomic mass is 9.93. The van der Waals surface area contributed by atoms with Gasteiger partial charge in [-0.25, -0.2) is 9.13 Å². The van der Waals surface area contributed by atoms with E-state index >= 15 is 0 Å². The number of rotatable bonds is 3. The van der Waals surface area contributed by atoms with Crippen LogP contribution in [0.15, 0.2) is 61.2 Å². The molecule has 0 saturated carbocycles. The number of hydrogen-bond donors (Lipinski definition) is 0. The van der Waals surface area contributed by atoms with Gasteiger partial charge in [-0.1, -0.05) is 12.1 Å². The van der Waals surface area contributed by atoms with Gasteiger partial charge < -0.3 is 9.47 Å².